The van der Waals surface area contributed by atoms with Crippen LogP contribution in [0.3, 0.4) is 0 Å². The molecule has 0 radical (unpaired) electrons. The van der Waals surface area contributed by atoms with E-state index in [4.69, 9.17) is 0 Å². The summed E-state index contributed by atoms with van der Waals surface area (Å²) in [7, 11) is 0. The predicted molar refractivity (Wildman–Crippen MR) is 104 cm³/mol. The Hall–Kier alpha value is -3.28. The second-order valence-electron chi connectivity index (χ2n) is 6.77. The third kappa shape index (κ3) is 3.38. The van der Waals surface area contributed by atoms with Gasteiger partial charge >= 0.3 is 0 Å². The van der Waals surface area contributed by atoms with E-state index in [9.17, 15) is 4.39 Å². The average molecular weight is 361 g/mol. The molecule has 0 spiro atoms. The van der Waals surface area contributed by atoms with Gasteiger partial charge in [0.25, 0.3) is 0 Å². The third-order valence-electron chi connectivity index (χ3n) is 4.51. The van der Waals surface area contributed by atoms with E-state index >= 15 is 0 Å². The highest BCUT2D eigenvalue weighted by Gasteiger charge is 2.18. The molecule has 1 unspecified atom stereocenters. The van der Waals surface area contributed by atoms with Crippen LogP contribution in [0.15, 0.2) is 66.7 Å². The molecule has 0 fully saturated rings. The molecule has 0 bridgehead atoms. The maximum Gasteiger partial charge on any atom is 0.188 e. The Labute approximate surface area is 156 Å². The standard InChI is InChI=1S/C21H20FN5/c1-14(2)20(15-8-4-3-5-9-15)23-18-12-13-19-24-25-21(27(19)26-18)16-10-6-7-11-17(16)22/h3-14,20H,1-2H3,(H,23,26). The van der Waals surface area contributed by atoms with Gasteiger partial charge in [0.2, 0.25) is 0 Å². The van der Waals surface area contributed by atoms with Crippen LogP contribution in [-0.4, -0.2) is 19.8 Å². The Morgan fingerprint density at radius 2 is 1.63 bits per heavy atom. The normalized spacial score (nSPS) is 12.4. The van der Waals surface area contributed by atoms with Crippen LogP contribution in [0.1, 0.15) is 25.5 Å². The van der Waals surface area contributed by atoms with Crippen LogP contribution in [0.2, 0.25) is 0 Å². The SMILES string of the molecule is CC(C)C(Nc1ccc2nnc(-c3ccccc3F)n2n1)c1ccccc1. The number of hydrogen-bond donors (Lipinski definition) is 1. The summed E-state index contributed by atoms with van der Waals surface area (Å²) < 4.78 is 15.8. The van der Waals surface area contributed by atoms with Crippen LogP contribution in [0.25, 0.3) is 17.0 Å². The van der Waals surface area contributed by atoms with Crippen molar-refractivity contribution in [3.8, 4) is 11.4 Å². The fourth-order valence-electron chi connectivity index (χ4n) is 3.13. The summed E-state index contributed by atoms with van der Waals surface area (Å²) in [6, 6.07) is 20.5. The van der Waals surface area contributed by atoms with Crippen molar-refractivity contribution in [2.45, 2.75) is 19.9 Å². The Morgan fingerprint density at radius 3 is 2.37 bits per heavy atom. The summed E-state index contributed by atoms with van der Waals surface area (Å²) >= 11 is 0. The van der Waals surface area contributed by atoms with Crippen molar-refractivity contribution >= 4 is 11.5 Å². The van der Waals surface area contributed by atoms with Crippen LogP contribution in [0.4, 0.5) is 10.2 Å². The number of hydrogen-bond acceptors (Lipinski definition) is 4. The number of rotatable bonds is 5. The minimum Gasteiger partial charge on any atom is -0.362 e. The first-order chi connectivity index (χ1) is 13.1. The topological polar surface area (TPSA) is 55.1 Å². The van der Waals surface area contributed by atoms with Gasteiger partial charge in [-0.2, -0.15) is 4.52 Å². The lowest BCUT2D eigenvalue weighted by molar-refractivity contribution is 0.543. The summed E-state index contributed by atoms with van der Waals surface area (Å²) in [6.45, 7) is 4.32. The van der Waals surface area contributed by atoms with Crippen LogP contribution >= 0.6 is 0 Å². The monoisotopic (exact) mass is 361 g/mol. The third-order valence-corrected chi connectivity index (χ3v) is 4.51. The van der Waals surface area contributed by atoms with Gasteiger partial charge in [-0.15, -0.1) is 15.3 Å². The highest BCUT2D eigenvalue weighted by molar-refractivity contribution is 5.60. The molecule has 6 heteroatoms. The molecule has 0 aliphatic rings. The summed E-state index contributed by atoms with van der Waals surface area (Å²) in [5.41, 5.74) is 2.13. The Bertz CT molecular complexity index is 1060. The molecule has 0 aliphatic heterocycles. The van der Waals surface area contributed by atoms with Gasteiger partial charge in [-0.05, 0) is 35.7 Å². The highest BCUT2D eigenvalue weighted by Crippen LogP contribution is 2.26. The first kappa shape index (κ1) is 17.1. The van der Waals surface area contributed by atoms with Gasteiger partial charge in [0, 0.05) is 0 Å². The van der Waals surface area contributed by atoms with Gasteiger partial charge in [0.05, 0.1) is 11.6 Å². The number of aromatic nitrogens is 4. The van der Waals surface area contributed by atoms with E-state index in [0.717, 1.165) is 0 Å². The maximum absolute atomic E-state index is 14.2. The molecule has 1 atom stereocenters. The van der Waals surface area contributed by atoms with Crippen molar-refractivity contribution < 1.29 is 4.39 Å². The zero-order chi connectivity index (χ0) is 18.8. The van der Waals surface area contributed by atoms with E-state index in [1.54, 1.807) is 22.7 Å². The van der Waals surface area contributed by atoms with E-state index < -0.39 is 0 Å². The van der Waals surface area contributed by atoms with Gasteiger partial charge in [-0.3, -0.25) is 0 Å². The van der Waals surface area contributed by atoms with E-state index in [1.807, 2.05) is 30.3 Å². The second kappa shape index (κ2) is 7.15. The Kier molecular flexibility index (Phi) is 4.54. The van der Waals surface area contributed by atoms with Crippen molar-refractivity contribution in [3.63, 3.8) is 0 Å². The van der Waals surface area contributed by atoms with Gasteiger partial charge in [-0.25, -0.2) is 4.39 Å². The Morgan fingerprint density at radius 1 is 0.889 bits per heavy atom. The molecule has 0 saturated carbocycles. The van der Waals surface area contributed by atoms with E-state index in [1.165, 1.54) is 11.6 Å². The molecule has 4 aromatic rings. The molecule has 27 heavy (non-hydrogen) atoms. The summed E-state index contributed by atoms with van der Waals surface area (Å²) in [5.74, 6) is 1.07. The molecule has 2 aromatic carbocycles. The number of nitrogens with zero attached hydrogens (tertiary/aromatic N) is 4. The van der Waals surface area contributed by atoms with E-state index in [2.05, 4.69) is 46.6 Å². The van der Waals surface area contributed by atoms with Crippen molar-refractivity contribution in [3.05, 3.63) is 78.1 Å². The lowest BCUT2D eigenvalue weighted by Gasteiger charge is -2.23. The van der Waals surface area contributed by atoms with Gasteiger partial charge < -0.3 is 5.32 Å². The van der Waals surface area contributed by atoms with Crippen LogP contribution in [-0.2, 0) is 0 Å². The largest absolute Gasteiger partial charge is 0.362 e. The summed E-state index contributed by atoms with van der Waals surface area (Å²) in [5, 5.41) is 16.3. The van der Waals surface area contributed by atoms with Crippen LogP contribution in [0, 0.1) is 11.7 Å². The van der Waals surface area contributed by atoms with Crippen molar-refractivity contribution in [2.24, 2.45) is 5.92 Å². The van der Waals surface area contributed by atoms with Gasteiger partial charge in [0.1, 0.15) is 11.6 Å². The summed E-state index contributed by atoms with van der Waals surface area (Å²) in [6.07, 6.45) is 0. The first-order valence-corrected chi connectivity index (χ1v) is 8.92. The van der Waals surface area contributed by atoms with E-state index in [-0.39, 0.29) is 11.9 Å². The molecular weight excluding hydrogens is 341 g/mol. The fraction of sp³-hybridized carbons (Fsp3) is 0.190. The number of nitrogens with one attached hydrogen (secondary N) is 1. The molecular formula is C21H20FN5. The number of fused-ring (bicyclic) bond motifs is 1. The minimum atomic E-state index is -0.351. The highest BCUT2D eigenvalue weighted by atomic mass is 19.1. The van der Waals surface area contributed by atoms with Crippen molar-refractivity contribution in [1.29, 1.82) is 0 Å². The quantitative estimate of drug-likeness (QED) is 0.558. The molecule has 0 saturated heterocycles. The molecule has 136 valence electrons. The second-order valence-corrected chi connectivity index (χ2v) is 6.77. The van der Waals surface area contributed by atoms with Crippen LogP contribution < -0.4 is 5.32 Å². The fourth-order valence-corrected chi connectivity index (χ4v) is 3.13. The van der Waals surface area contributed by atoms with Gasteiger partial charge in [0.15, 0.2) is 11.5 Å². The molecule has 2 aromatic heterocycles. The molecule has 0 amide bonds. The van der Waals surface area contributed by atoms with Crippen LogP contribution in [0.5, 0.6) is 0 Å². The molecule has 1 N–H and O–H groups in total. The predicted octanol–water partition coefficient (Wildman–Crippen LogP) is 4.74. The van der Waals surface area contributed by atoms with Gasteiger partial charge in [-0.1, -0.05) is 56.3 Å². The smallest absolute Gasteiger partial charge is 0.188 e. The van der Waals surface area contributed by atoms with Crippen molar-refractivity contribution in [2.75, 3.05) is 5.32 Å². The number of benzene rings is 2. The Balaban J connectivity index is 1.73. The lowest BCUT2D eigenvalue weighted by atomic mass is 9.96. The average Bonchev–Trinajstić information content (AvgIpc) is 3.10. The molecule has 5 nitrogen and oxygen atoms in total. The zero-order valence-electron chi connectivity index (χ0n) is 15.2. The lowest BCUT2D eigenvalue weighted by Crippen LogP contribution is -2.18. The number of anilines is 1. The van der Waals surface area contributed by atoms with Crippen molar-refractivity contribution in [1.82, 2.24) is 19.8 Å². The molecule has 4 rings (SSSR count). The summed E-state index contributed by atoms with van der Waals surface area (Å²) in [4.78, 5) is 0. The molecule has 2 heterocycles. The van der Waals surface area contributed by atoms with E-state index in [0.29, 0.717) is 28.8 Å². The minimum absolute atomic E-state index is 0.101. The molecule has 0 aliphatic carbocycles. The first-order valence-electron chi connectivity index (χ1n) is 8.92. The zero-order valence-corrected chi connectivity index (χ0v) is 15.2. The number of halogens is 1. The maximum atomic E-state index is 14.2.